The molecular formula is C22H20N6O3. The highest BCUT2D eigenvalue weighted by atomic mass is 16.2. The molecule has 3 heterocycles. The largest absolute Gasteiger partial charge is 0.341 e. The molecule has 0 aliphatic rings. The second-order valence-corrected chi connectivity index (χ2v) is 7.14. The predicted molar refractivity (Wildman–Crippen MR) is 112 cm³/mol. The van der Waals surface area contributed by atoms with E-state index in [1.165, 1.54) is 4.68 Å². The number of Topliss-reactive ketones (excluding diaryl/α,β-unsaturated/α-hetero) is 1. The molecule has 4 rings (SSSR count). The van der Waals surface area contributed by atoms with Crippen molar-refractivity contribution in [3.63, 3.8) is 0 Å². The van der Waals surface area contributed by atoms with Crippen LogP contribution < -0.4 is 5.32 Å². The topological polar surface area (TPSA) is 112 Å². The Bertz CT molecular complexity index is 1240. The van der Waals surface area contributed by atoms with Crippen LogP contribution in [-0.2, 0) is 29.6 Å². The number of ketones is 1. The van der Waals surface area contributed by atoms with Gasteiger partial charge >= 0.3 is 0 Å². The van der Waals surface area contributed by atoms with Crippen LogP contribution in [0.4, 0.5) is 0 Å². The van der Waals surface area contributed by atoms with Crippen molar-refractivity contribution in [1.29, 1.82) is 0 Å². The first-order valence-electron chi connectivity index (χ1n) is 9.67. The first-order chi connectivity index (χ1) is 15.0. The lowest BCUT2D eigenvalue weighted by Crippen LogP contribution is -2.43. The van der Waals surface area contributed by atoms with Crippen LogP contribution in [0.25, 0.3) is 10.9 Å². The molecule has 0 spiro atoms. The van der Waals surface area contributed by atoms with Gasteiger partial charge < -0.3 is 5.32 Å². The summed E-state index contributed by atoms with van der Waals surface area (Å²) in [6, 6.07) is 10.1. The van der Waals surface area contributed by atoms with Gasteiger partial charge in [0.25, 0.3) is 5.91 Å². The number of fused-ring (bicyclic) bond motifs is 1. The molecule has 4 aromatic rings. The van der Waals surface area contributed by atoms with Gasteiger partial charge in [-0.05, 0) is 11.6 Å². The number of aldehydes is 1. The molecule has 1 amide bonds. The van der Waals surface area contributed by atoms with Gasteiger partial charge in [0.05, 0.1) is 35.6 Å². The maximum absolute atomic E-state index is 13.0. The minimum absolute atomic E-state index is 0.219. The van der Waals surface area contributed by atoms with Crippen LogP contribution in [-0.4, -0.2) is 48.6 Å². The zero-order valence-electron chi connectivity index (χ0n) is 16.8. The molecule has 0 saturated heterocycles. The molecule has 3 aromatic heterocycles. The summed E-state index contributed by atoms with van der Waals surface area (Å²) >= 11 is 0. The average Bonchev–Trinajstić information content (AvgIpc) is 3.37. The van der Waals surface area contributed by atoms with Crippen molar-refractivity contribution in [3.8, 4) is 0 Å². The zero-order chi connectivity index (χ0) is 21.8. The molecule has 156 valence electrons. The molecular weight excluding hydrogens is 396 g/mol. The normalized spacial score (nSPS) is 11.9. The van der Waals surface area contributed by atoms with Crippen LogP contribution in [0.15, 0.2) is 61.2 Å². The molecule has 9 nitrogen and oxygen atoms in total. The van der Waals surface area contributed by atoms with Crippen molar-refractivity contribution in [2.24, 2.45) is 7.05 Å². The Morgan fingerprint density at radius 3 is 2.74 bits per heavy atom. The summed E-state index contributed by atoms with van der Waals surface area (Å²) in [6.45, 7) is 0.266. The molecule has 0 saturated carbocycles. The van der Waals surface area contributed by atoms with Crippen LogP contribution in [0, 0.1) is 0 Å². The van der Waals surface area contributed by atoms with Gasteiger partial charge in [-0.1, -0.05) is 30.3 Å². The molecule has 1 unspecified atom stereocenters. The monoisotopic (exact) mass is 416 g/mol. The van der Waals surface area contributed by atoms with Crippen LogP contribution >= 0.6 is 0 Å². The summed E-state index contributed by atoms with van der Waals surface area (Å²) in [4.78, 5) is 40.4. The average molecular weight is 416 g/mol. The second kappa shape index (κ2) is 8.70. The van der Waals surface area contributed by atoms with Gasteiger partial charge in [0.2, 0.25) is 5.78 Å². The van der Waals surface area contributed by atoms with Crippen LogP contribution in [0.1, 0.15) is 21.6 Å². The second-order valence-electron chi connectivity index (χ2n) is 7.14. The third-order valence-corrected chi connectivity index (χ3v) is 4.94. The lowest BCUT2D eigenvalue weighted by Gasteiger charge is -2.15. The van der Waals surface area contributed by atoms with Gasteiger partial charge in [0.1, 0.15) is 0 Å². The summed E-state index contributed by atoms with van der Waals surface area (Å²) in [7, 11) is 1.71. The number of amides is 1. The van der Waals surface area contributed by atoms with Gasteiger partial charge in [-0.2, -0.15) is 10.2 Å². The van der Waals surface area contributed by atoms with E-state index in [1.807, 2.05) is 36.4 Å². The third kappa shape index (κ3) is 4.40. The summed E-state index contributed by atoms with van der Waals surface area (Å²) < 4.78 is 3.26. The number of carbonyl (C=O) groups is 3. The summed E-state index contributed by atoms with van der Waals surface area (Å²) in [6.07, 6.45) is 7.13. The van der Waals surface area contributed by atoms with E-state index in [1.54, 1.807) is 36.5 Å². The minimum atomic E-state index is -0.961. The number of carbonyl (C=O) groups excluding carboxylic acids is 3. The maximum atomic E-state index is 13.0. The third-order valence-electron chi connectivity index (χ3n) is 4.94. The van der Waals surface area contributed by atoms with Gasteiger partial charge in [0.15, 0.2) is 6.29 Å². The van der Waals surface area contributed by atoms with E-state index in [0.29, 0.717) is 11.3 Å². The van der Waals surface area contributed by atoms with Crippen molar-refractivity contribution in [2.75, 3.05) is 0 Å². The molecule has 0 fully saturated rings. The number of aromatic nitrogens is 5. The van der Waals surface area contributed by atoms with E-state index >= 15 is 0 Å². The highest BCUT2D eigenvalue weighted by Gasteiger charge is 2.24. The SMILES string of the molecule is Cn1cc(C(=O)NC(Cc2ccccc2)C(=O)C=O)c(Cn2ncc3cnccc32)n1. The van der Waals surface area contributed by atoms with Crippen molar-refractivity contribution in [1.82, 2.24) is 29.9 Å². The van der Waals surface area contributed by atoms with Crippen LogP contribution in [0.5, 0.6) is 0 Å². The number of hydrogen-bond donors (Lipinski definition) is 1. The number of aryl methyl sites for hydroxylation is 1. The summed E-state index contributed by atoms with van der Waals surface area (Å²) in [5.74, 6) is -1.16. The number of pyridine rings is 1. The van der Waals surface area contributed by atoms with Crippen molar-refractivity contribution < 1.29 is 14.4 Å². The van der Waals surface area contributed by atoms with Gasteiger partial charge in [-0.15, -0.1) is 0 Å². The van der Waals surface area contributed by atoms with E-state index in [4.69, 9.17) is 0 Å². The van der Waals surface area contributed by atoms with E-state index in [-0.39, 0.29) is 19.3 Å². The number of nitrogens with zero attached hydrogens (tertiary/aromatic N) is 5. The number of benzene rings is 1. The molecule has 1 atom stereocenters. The van der Waals surface area contributed by atoms with Gasteiger partial charge in [-0.3, -0.25) is 28.7 Å². The maximum Gasteiger partial charge on any atom is 0.255 e. The Hall–Kier alpha value is -4.14. The quantitative estimate of drug-likeness (QED) is 0.343. The summed E-state index contributed by atoms with van der Waals surface area (Å²) in [5, 5.41) is 12.3. The first kappa shape index (κ1) is 20.1. The fourth-order valence-corrected chi connectivity index (χ4v) is 3.43. The number of nitrogens with one attached hydrogen (secondary N) is 1. The fraction of sp³-hybridized carbons (Fsp3) is 0.182. The standard InChI is InChI=1S/C22H20N6O3/c1-27-12-17(19(26-27)13-28-20-7-8-23-10-16(20)11-24-28)22(31)25-18(21(30)14-29)9-15-5-3-2-4-6-15/h2-8,10-12,14,18H,9,13H2,1H3,(H,25,31). The molecule has 0 radical (unpaired) electrons. The molecule has 1 N–H and O–H groups in total. The van der Waals surface area contributed by atoms with E-state index in [9.17, 15) is 14.4 Å². The Morgan fingerprint density at radius 1 is 1.16 bits per heavy atom. The van der Waals surface area contributed by atoms with Crippen LogP contribution in [0.2, 0.25) is 0 Å². The Balaban J connectivity index is 1.58. The molecule has 31 heavy (non-hydrogen) atoms. The van der Waals surface area contributed by atoms with Crippen molar-refractivity contribution >= 4 is 28.9 Å². The van der Waals surface area contributed by atoms with Crippen LogP contribution in [0.3, 0.4) is 0 Å². The first-order valence-corrected chi connectivity index (χ1v) is 9.67. The molecule has 0 aliphatic carbocycles. The Kier molecular flexibility index (Phi) is 5.65. The summed E-state index contributed by atoms with van der Waals surface area (Å²) in [5.41, 5.74) is 2.52. The molecule has 0 aliphatic heterocycles. The van der Waals surface area contributed by atoms with E-state index < -0.39 is 17.7 Å². The minimum Gasteiger partial charge on any atom is -0.341 e. The Morgan fingerprint density at radius 2 is 1.97 bits per heavy atom. The zero-order valence-corrected chi connectivity index (χ0v) is 16.8. The fourth-order valence-electron chi connectivity index (χ4n) is 3.43. The molecule has 1 aromatic carbocycles. The van der Waals surface area contributed by atoms with Gasteiger partial charge in [0, 0.05) is 37.4 Å². The highest BCUT2D eigenvalue weighted by molar-refractivity contribution is 6.28. The Labute approximate surface area is 177 Å². The number of rotatable bonds is 8. The van der Waals surface area contributed by atoms with E-state index in [0.717, 1.165) is 16.5 Å². The van der Waals surface area contributed by atoms with Gasteiger partial charge in [-0.25, -0.2) is 0 Å². The number of hydrogen-bond acceptors (Lipinski definition) is 6. The lowest BCUT2D eigenvalue weighted by atomic mass is 10.0. The molecule has 9 heteroatoms. The smallest absolute Gasteiger partial charge is 0.255 e. The van der Waals surface area contributed by atoms with Crippen molar-refractivity contribution in [2.45, 2.75) is 19.0 Å². The highest BCUT2D eigenvalue weighted by Crippen LogP contribution is 2.15. The van der Waals surface area contributed by atoms with E-state index in [2.05, 4.69) is 20.5 Å². The predicted octanol–water partition coefficient (Wildman–Crippen LogP) is 1.32. The lowest BCUT2D eigenvalue weighted by molar-refractivity contribution is -0.131. The molecule has 0 bridgehead atoms. The van der Waals surface area contributed by atoms with Crippen molar-refractivity contribution in [3.05, 3.63) is 78.0 Å².